The molecule has 1 aliphatic rings. The topological polar surface area (TPSA) is 111 Å². The van der Waals surface area contributed by atoms with Gasteiger partial charge >= 0.3 is 5.97 Å². The van der Waals surface area contributed by atoms with E-state index in [9.17, 15) is 18.8 Å². The molecule has 1 aromatic carbocycles. The molecule has 2 rings (SSSR count). The molecule has 0 aromatic heterocycles. The number of benzene rings is 1. The van der Waals surface area contributed by atoms with Gasteiger partial charge in [-0.2, -0.15) is 0 Å². The van der Waals surface area contributed by atoms with Gasteiger partial charge in [0.2, 0.25) is 11.8 Å². The second-order valence-corrected chi connectivity index (χ2v) is 7.89. The molecule has 3 atom stereocenters. The van der Waals surface area contributed by atoms with Crippen LogP contribution < -0.4 is 16.4 Å². The van der Waals surface area contributed by atoms with Gasteiger partial charge in [0, 0.05) is 19.1 Å². The molecule has 0 radical (unpaired) electrons. The van der Waals surface area contributed by atoms with E-state index < -0.39 is 54.8 Å². The van der Waals surface area contributed by atoms with Crippen LogP contribution >= 0.6 is 0 Å². The van der Waals surface area contributed by atoms with Crippen molar-refractivity contribution >= 4 is 23.5 Å². The first-order chi connectivity index (χ1) is 16.7. The summed E-state index contributed by atoms with van der Waals surface area (Å²) >= 11 is 0. The minimum absolute atomic E-state index is 0.0235. The number of hydrogen-bond donors (Lipinski definition) is 3. The number of amides is 2. The van der Waals surface area contributed by atoms with E-state index in [0.29, 0.717) is 0 Å². The maximum absolute atomic E-state index is 14.9. The van der Waals surface area contributed by atoms with Gasteiger partial charge in [-0.25, -0.2) is 9.18 Å². The molecule has 1 aliphatic carbocycles. The molecule has 0 spiro atoms. The Kier molecular flexibility index (Phi) is 6.89. The minimum atomic E-state index is -3.27. The summed E-state index contributed by atoms with van der Waals surface area (Å²) in [5.41, 5.74) is 6.27. The monoisotopic (exact) mass is 440 g/mol. The van der Waals surface area contributed by atoms with Crippen molar-refractivity contribution in [3.05, 3.63) is 29.6 Å². The summed E-state index contributed by atoms with van der Waals surface area (Å²) in [5.74, 6) is -4.69. The third kappa shape index (κ3) is 6.75. The zero-order valence-electron chi connectivity index (χ0n) is 22.9. The predicted octanol–water partition coefficient (Wildman–Crippen LogP) is 3.23. The van der Waals surface area contributed by atoms with E-state index in [1.54, 1.807) is 0 Å². The van der Waals surface area contributed by atoms with Crippen molar-refractivity contribution < 1.29 is 30.4 Å². The summed E-state index contributed by atoms with van der Waals surface area (Å²) < 4.78 is 56.5. The molecule has 0 aliphatic heterocycles. The normalized spacial score (nSPS) is 21.0. The molecular weight excluding hydrogens is 401 g/mol. The van der Waals surface area contributed by atoms with Crippen molar-refractivity contribution in [3.8, 4) is 0 Å². The van der Waals surface area contributed by atoms with Crippen LogP contribution in [0, 0.1) is 11.7 Å². The number of carbonyl (C=O) groups is 3. The van der Waals surface area contributed by atoms with E-state index in [1.807, 2.05) is 0 Å². The lowest BCUT2D eigenvalue weighted by molar-refractivity contribution is -0.145. The molecule has 0 unspecified atom stereocenters. The van der Waals surface area contributed by atoms with Crippen LogP contribution in [0.1, 0.15) is 77.0 Å². The molecule has 0 heterocycles. The molecule has 1 saturated carbocycles. The Hall–Kier alpha value is -2.48. The van der Waals surface area contributed by atoms with Gasteiger partial charge in [-0.3, -0.25) is 9.59 Å². The average Bonchev–Trinajstić information content (AvgIpc) is 3.11. The van der Waals surface area contributed by atoms with E-state index in [1.165, 1.54) is 19.1 Å². The second-order valence-electron chi connectivity index (χ2n) is 7.89. The third-order valence-electron chi connectivity index (χ3n) is 5.84. The number of nitrogens with one attached hydrogen (secondary N) is 2. The molecule has 2 amide bonds. The van der Waals surface area contributed by atoms with E-state index >= 15 is 0 Å². The Morgan fingerprint density at radius 2 is 1.97 bits per heavy atom. The number of ether oxygens (including phenoxy) is 1. The molecular formula is C23H34FN3O4. The highest BCUT2D eigenvalue weighted by Crippen LogP contribution is 2.27. The number of nitrogens with two attached hydrogens (primary N) is 1. The van der Waals surface area contributed by atoms with Crippen molar-refractivity contribution in [2.24, 2.45) is 11.7 Å². The SMILES string of the molecule is [2H]C([2H])([2H])C([2H])([2H])C(=O)N[C@@H](C(=O)OC)[C@@H](C)c1ccc(NC(=O)[C@@H](N)C2CCCCCC2)c(F)c1. The summed E-state index contributed by atoms with van der Waals surface area (Å²) in [6, 6.07) is 1.53. The fraction of sp³-hybridized carbons (Fsp3) is 0.609. The van der Waals surface area contributed by atoms with Crippen LogP contribution in [0.5, 0.6) is 0 Å². The van der Waals surface area contributed by atoms with Gasteiger partial charge in [0.05, 0.1) is 18.8 Å². The van der Waals surface area contributed by atoms with E-state index in [2.05, 4.69) is 15.4 Å². The Bertz CT molecular complexity index is 952. The van der Waals surface area contributed by atoms with E-state index in [0.717, 1.165) is 51.7 Å². The lowest BCUT2D eigenvalue weighted by Crippen LogP contribution is -2.44. The van der Waals surface area contributed by atoms with Gasteiger partial charge in [-0.05, 0) is 36.5 Å². The van der Waals surface area contributed by atoms with Crippen LogP contribution in [0.3, 0.4) is 0 Å². The highest BCUT2D eigenvalue weighted by Gasteiger charge is 2.30. The highest BCUT2D eigenvalue weighted by atomic mass is 19.1. The molecule has 8 heteroatoms. The van der Waals surface area contributed by atoms with Crippen LogP contribution in [-0.2, 0) is 19.1 Å². The summed E-state index contributed by atoms with van der Waals surface area (Å²) in [5, 5.41) is 4.59. The number of hydrogen-bond acceptors (Lipinski definition) is 5. The first-order valence-corrected chi connectivity index (χ1v) is 10.5. The van der Waals surface area contributed by atoms with Crippen LogP contribution in [0.4, 0.5) is 10.1 Å². The molecule has 0 saturated heterocycles. The van der Waals surface area contributed by atoms with Crippen LogP contribution in [0.15, 0.2) is 18.2 Å². The first-order valence-electron chi connectivity index (χ1n) is 13.0. The van der Waals surface area contributed by atoms with Crippen molar-refractivity contribution in [2.75, 3.05) is 12.4 Å². The molecule has 4 N–H and O–H groups in total. The van der Waals surface area contributed by atoms with Crippen molar-refractivity contribution in [2.45, 2.75) is 76.7 Å². The molecule has 7 nitrogen and oxygen atoms in total. The van der Waals surface area contributed by atoms with Gasteiger partial charge in [0.1, 0.15) is 11.9 Å². The highest BCUT2D eigenvalue weighted by molar-refractivity contribution is 5.95. The number of esters is 1. The maximum Gasteiger partial charge on any atom is 0.328 e. The molecule has 1 fully saturated rings. The molecule has 31 heavy (non-hydrogen) atoms. The molecule has 172 valence electrons. The Morgan fingerprint density at radius 1 is 1.29 bits per heavy atom. The van der Waals surface area contributed by atoms with E-state index in [-0.39, 0.29) is 17.2 Å². The summed E-state index contributed by atoms with van der Waals surface area (Å²) in [4.78, 5) is 37.3. The van der Waals surface area contributed by atoms with Crippen molar-refractivity contribution in [3.63, 3.8) is 0 Å². The van der Waals surface area contributed by atoms with Crippen LogP contribution in [0.2, 0.25) is 0 Å². The lowest BCUT2D eigenvalue weighted by atomic mass is 9.91. The fourth-order valence-corrected chi connectivity index (χ4v) is 3.90. The zero-order chi connectivity index (χ0) is 27.3. The van der Waals surface area contributed by atoms with Gasteiger partial charge < -0.3 is 21.1 Å². The van der Waals surface area contributed by atoms with Gasteiger partial charge in [-0.15, -0.1) is 0 Å². The minimum Gasteiger partial charge on any atom is -0.467 e. The van der Waals surface area contributed by atoms with Gasteiger partial charge in [0.15, 0.2) is 0 Å². The summed E-state index contributed by atoms with van der Waals surface area (Å²) in [7, 11) is 1.04. The van der Waals surface area contributed by atoms with Crippen LogP contribution in [0.25, 0.3) is 0 Å². The first kappa shape index (κ1) is 18.1. The van der Waals surface area contributed by atoms with Crippen LogP contribution in [-0.4, -0.2) is 37.0 Å². The number of methoxy groups -OCH3 is 1. The third-order valence-corrected chi connectivity index (χ3v) is 5.84. The molecule has 0 bridgehead atoms. The van der Waals surface area contributed by atoms with Crippen molar-refractivity contribution in [1.29, 1.82) is 0 Å². The quantitative estimate of drug-likeness (QED) is 0.425. The number of halogens is 1. The number of anilines is 1. The standard InChI is InChI=1S/C23H34FN3O4/c1-4-19(28)27-21(23(30)31-3)14(2)16-11-12-18(17(24)13-16)26-22(29)20(25)15-9-7-5-6-8-10-15/h11-15,20-21H,4-10,25H2,1-3H3,(H,26,29)(H,27,28)/t14-,20-,21+/m0/s1/i1D3,4D2. The zero-order valence-corrected chi connectivity index (χ0v) is 17.9. The average molecular weight is 441 g/mol. The summed E-state index contributed by atoms with van der Waals surface area (Å²) in [6.07, 6.45) is 2.62. The predicted molar refractivity (Wildman–Crippen MR) is 117 cm³/mol. The Balaban J connectivity index is 2.18. The second kappa shape index (κ2) is 11.8. The lowest BCUT2D eigenvalue weighted by Gasteiger charge is -2.24. The molecule has 1 aromatic rings. The summed E-state index contributed by atoms with van der Waals surface area (Å²) in [6.45, 7) is -1.81. The van der Waals surface area contributed by atoms with E-state index in [4.69, 9.17) is 12.6 Å². The van der Waals surface area contributed by atoms with Crippen molar-refractivity contribution in [1.82, 2.24) is 5.32 Å². The largest absolute Gasteiger partial charge is 0.467 e. The smallest absolute Gasteiger partial charge is 0.328 e. The fourth-order valence-electron chi connectivity index (χ4n) is 3.90. The van der Waals surface area contributed by atoms with Gasteiger partial charge in [0.25, 0.3) is 0 Å². The van der Waals surface area contributed by atoms with Gasteiger partial charge in [-0.1, -0.05) is 45.5 Å². The number of rotatable bonds is 8. The Labute approximate surface area is 190 Å². The Morgan fingerprint density at radius 3 is 2.55 bits per heavy atom. The maximum atomic E-state index is 14.9. The number of carbonyl (C=O) groups excluding carboxylic acids is 3.